The lowest BCUT2D eigenvalue weighted by atomic mass is 10.1. The number of hydrogen-bond acceptors (Lipinski definition) is 4. The van der Waals surface area contributed by atoms with E-state index in [0.29, 0.717) is 12.3 Å². The molecule has 0 aliphatic carbocycles. The normalized spacial score (nSPS) is 14.3. The predicted molar refractivity (Wildman–Crippen MR) is 83.3 cm³/mol. The van der Waals surface area contributed by atoms with Crippen molar-refractivity contribution in [3.63, 3.8) is 0 Å². The Morgan fingerprint density at radius 2 is 1.62 bits per heavy atom. The van der Waals surface area contributed by atoms with Gasteiger partial charge in [-0.3, -0.25) is 0 Å². The Morgan fingerprint density at radius 1 is 1.05 bits per heavy atom. The van der Waals surface area contributed by atoms with Crippen LogP contribution in [-0.4, -0.2) is 22.9 Å². The summed E-state index contributed by atoms with van der Waals surface area (Å²) in [6.45, 7) is 5.91. The summed E-state index contributed by atoms with van der Waals surface area (Å²) in [4.78, 5) is -0.345. The molecule has 1 aromatic carbocycles. The first kappa shape index (κ1) is 18.4. The van der Waals surface area contributed by atoms with E-state index in [-0.39, 0.29) is 15.8 Å². The van der Waals surface area contributed by atoms with Crippen LogP contribution in [0.25, 0.3) is 0 Å². The molecule has 0 aromatic heterocycles. The lowest BCUT2D eigenvalue weighted by Crippen LogP contribution is -2.32. The van der Waals surface area contributed by atoms with E-state index in [0.717, 1.165) is 12.5 Å². The fourth-order valence-electron chi connectivity index (χ4n) is 1.77. The molecule has 0 heterocycles. The van der Waals surface area contributed by atoms with Crippen molar-refractivity contribution in [2.24, 2.45) is 5.92 Å². The zero-order chi connectivity index (χ0) is 16.3. The summed E-state index contributed by atoms with van der Waals surface area (Å²) >= 11 is 0. The third-order valence-corrected chi connectivity index (χ3v) is 5.87. The van der Waals surface area contributed by atoms with Crippen LogP contribution >= 0.6 is 10.7 Å². The highest BCUT2D eigenvalue weighted by atomic mass is 35.7. The molecule has 0 spiro atoms. The Labute approximate surface area is 131 Å². The molecule has 0 fully saturated rings. The molecular formula is C13H20ClNO4S2. The monoisotopic (exact) mass is 353 g/mol. The van der Waals surface area contributed by atoms with Crippen LogP contribution in [0.15, 0.2) is 34.1 Å². The van der Waals surface area contributed by atoms with Gasteiger partial charge in [-0.05, 0) is 43.9 Å². The first-order chi connectivity index (χ1) is 9.52. The topological polar surface area (TPSA) is 80.3 Å². The number of sulfonamides is 1. The second-order valence-corrected chi connectivity index (χ2v) is 9.69. The average Bonchev–Trinajstić information content (AvgIpc) is 2.35. The first-order valence-corrected chi connectivity index (χ1v) is 10.4. The molecule has 120 valence electrons. The van der Waals surface area contributed by atoms with Gasteiger partial charge in [0, 0.05) is 16.7 Å². The maximum absolute atomic E-state index is 12.2. The minimum absolute atomic E-state index is 0.111. The highest BCUT2D eigenvalue weighted by Crippen LogP contribution is 2.19. The van der Waals surface area contributed by atoms with Gasteiger partial charge in [0.25, 0.3) is 9.05 Å². The fourth-order valence-corrected chi connectivity index (χ4v) is 3.96. The summed E-state index contributed by atoms with van der Waals surface area (Å²) in [6, 6.07) is 4.77. The standard InChI is InChI=1S/C13H20ClNO4S2/c1-10(2)7-8-11(3)15-21(18,19)13-6-4-5-12(9-13)20(14,16)17/h4-6,9-11,15H,7-8H2,1-3H3. The lowest BCUT2D eigenvalue weighted by Gasteiger charge is -2.15. The Hall–Kier alpha value is -0.630. The van der Waals surface area contributed by atoms with Gasteiger partial charge in [0.1, 0.15) is 0 Å². The van der Waals surface area contributed by atoms with E-state index in [9.17, 15) is 16.8 Å². The van der Waals surface area contributed by atoms with Crippen molar-refractivity contribution in [1.29, 1.82) is 0 Å². The smallest absolute Gasteiger partial charge is 0.208 e. The average molecular weight is 354 g/mol. The van der Waals surface area contributed by atoms with Crippen molar-refractivity contribution >= 4 is 29.8 Å². The minimum Gasteiger partial charge on any atom is -0.208 e. The first-order valence-electron chi connectivity index (χ1n) is 6.59. The SMILES string of the molecule is CC(C)CCC(C)NS(=O)(=O)c1cccc(S(=O)(=O)Cl)c1. The Kier molecular flexibility index (Phi) is 6.22. The van der Waals surface area contributed by atoms with Crippen LogP contribution in [0.4, 0.5) is 0 Å². The third kappa shape index (κ3) is 5.94. The molecule has 0 aliphatic rings. The molecule has 1 unspecified atom stereocenters. The largest absolute Gasteiger partial charge is 0.261 e. The van der Waals surface area contributed by atoms with Crippen molar-refractivity contribution in [1.82, 2.24) is 4.72 Å². The third-order valence-electron chi connectivity index (χ3n) is 2.93. The van der Waals surface area contributed by atoms with Crippen molar-refractivity contribution in [3.8, 4) is 0 Å². The molecule has 1 atom stereocenters. The van der Waals surface area contributed by atoms with Gasteiger partial charge in [-0.1, -0.05) is 19.9 Å². The molecule has 0 aliphatic heterocycles. The summed E-state index contributed by atoms with van der Waals surface area (Å²) in [5.41, 5.74) is 0. The van der Waals surface area contributed by atoms with Gasteiger partial charge in [-0.25, -0.2) is 21.6 Å². The van der Waals surface area contributed by atoms with Crippen LogP contribution in [0.1, 0.15) is 33.6 Å². The van der Waals surface area contributed by atoms with Crippen LogP contribution < -0.4 is 4.72 Å². The van der Waals surface area contributed by atoms with Crippen molar-refractivity contribution in [2.75, 3.05) is 0 Å². The molecule has 1 rings (SSSR count). The van der Waals surface area contributed by atoms with E-state index in [2.05, 4.69) is 18.6 Å². The van der Waals surface area contributed by atoms with Gasteiger partial charge >= 0.3 is 0 Å². The van der Waals surface area contributed by atoms with Crippen molar-refractivity contribution in [3.05, 3.63) is 24.3 Å². The second-order valence-electron chi connectivity index (χ2n) is 5.41. The summed E-state index contributed by atoms with van der Waals surface area (Å²) in [6.07, 6.45) is 1.62. The zero-order valence-corrected chi connectivity index (χ0v) is 14.6. The summed E-state index contributed by atoms with van der Waals surface area (Å²) in [5.74, 6) is 0.488. The van der Waals surface area contributed by atoms with Crippen LogP contribution in [0.3, 0.4) is 0 Å². The number of nitrogens with one attached hydrogen (secondary N) is 1. The van der Waals surface area contributed by atoms with E-state index >= 15 is 0 Å². The molecular weight excluding hydrogens is 334 g/mol. The van der Waals surface area contributed by atoms with E-state index in [1.54, 1.807) is 6.92 Å². The van der Waals surface area contributed by atoms with Crippen LogP contribution in [-0.2, 0) is 19.1 Å². The molecule has 0 bridgehead atoms. The second kappa shape index (κ2) is 7.09. The van der Waals surface area contributed by atoms with Crippen LogP contribution in [0.2, 0.25) is 0 Å². The number of rotatable bonds is 7. The highest BCUT2D eigenvalue weighted by molar-refractivity contribution is 8.13. The maximum atomic E-state index is 12.2. The molecule has 0 saturated heterocycles. The number of benzene rings is 1. The quantitative estimate of drug-likeness (QED) is 0.764. The van der Waals surface area contributed by atoms with Gasteiger partial charge in [0.2, 0.25) is 10.0 Å². The van der Waals surface area contributed by atoms with E-state index in [1.165, 1.54) is 18.2 Å². The number of hydrogen-bond donors (Lipinski definition) is 1. The molecule has 0 saturated carbocycles. The summed E-state index contributed by atoms with van der Waals surface area (Å²) < 4.78 is 49.5. The van der Waals surface area contributed by atoms with Gasteiger partial charge in [-0.2, -0.15) is 0 Å². The summed E-state index contributed by atoms with van der Waals surface area (Å²) in [5, 5.41) is 0. The molecule has 5 nitrogen and oxygen atoms in total. The minimum atomic E-state index is -3.96. The van der Waals surface area contributed by atoms with Gasteiger partial charge in [-0.15, -0.1) is 0 Å². The van der Waals surface area contributed by atoms with E-state index in [1.807, 2.05) is 0 Å². The Balaban J connectivity index is 2.93. The van der Waals surface area contributed by atoms with Crippen LogP contribution in [0, 0.1) is 5.92 Å². The Morgan fingerprint density at radius 3 is 2.14 bits per heavy atom. The maximum Gasteiger partial charge on any atom is 0.261 e. The van der Waals surface area contributed by atoms with Crippen LogP contribution in [0.5, 0.6) is 0 Å². The lowest BCUT2D eigenvalue weighted by molar-refractivity contribution is 0.485. The molecule has 8 heteroatoms. The fraction of sp³-hybridized carbons (Fsp3) is 0.538. The predicted octanol–water partition coefficient (Wildman–Crippen LogP) is 2.72. The van der Waals surface area contributed by atoms with Gasteiger partial charge in [0.05, 0.1) is 9.79 Å². The Bertz CT molecular complexity index is 684. The molecule has 0 amide bonds. The summed E-state index contributed by atoms with van der Waals surface area (Å²) in [7, 11) is -2.49. The zero-order valence-electron chi connectivity index (χ0n) is 12.2. The highest BCUT2D eigenvalue weighted by Gasteiger charge is 2.20. The molecule has 1 N–H and O–H groups in total. The molecule has 21 heavy (non-hydrogen) atoms. The van der Waals surface area contributed by atoms with Gasteiger partial charge < -0.3 is 0 Å². The molecule has 1 aromatic rings. The van der Waals surface area contributed by atoms with Crippen molar-refractivity contribution in [2.45, 2.75) is 49.4 Å². The van der Waals surface area contributed by atoms with Crippen molar-refractivity contribution < 1.29 is 16.8 Å². The molecule has 0 radical (unpaired) electrons. The number of halogens is 1. The van der Waals surface area contributed by atoms with Gasteiger partial charge in [0.15, 0.2) is 0 Å². The van der Waals surface area contributed by atoms with E-state index in [4.69, 9.17) is 10.7 Å². The van der Waals surface area contributed by atoms with E-state index < -0.39 is 19.1 Å².